The SMILES string of the molecule is CCOC(=O)C=Cc1cccc(-c2c(CC(=O)O)c(=O)oc3cc(Cl)c(C)cc23)c1. The quantitative estimate of drug-likeness (QED) is 0.351. The topological polar surface area (TPSA) is 93.8 Å². The van der Waals surface area contributed by atoms with Crippen LogP contribution in [0, 0.1) is 6.92 Å². The molecule has 154 valence electrons. The molecule has 30 heavy (non-hydrogen) atoms. The lowest BCUT2D eigenvalue weighted by molar-refractivity contribution is -0.137. The van der Waals surface area contributed by atoms with Gasteiger partial charge in [0.1, 0.15) is 5.58 Å². The van der Waals surface area contributed by atoms with Crippen LogP contribution in [0.4, 0.5) is 0 Å². The van der Waals surface area contributed by atoms with Crippen molar-refractivity contribution in [1.29, 1.82) is 0 Å². The second-order valence-corrected chi connectivity index (χ2v) is 7.03. The average Bonchev–Trinajstić information content (AvgIpc) is 2.69. The summed E-state index contributed by atoms with van der Waals surface area (Å²) in [5, 5.41) is 10.3. The molecule has 0 bridgehead atoms. The Morgan fingerprint density at radius 1 is 1.23 bits per heavy atom. The fourth-order valence-electron chi connectivity index (χ4n) is 3.16. The van der Waals surface area contributed by atoms with E-state index in [-0.39, 0.29) is 17.8 Å². The van der Waals surface area contributed by atoms with Gasteiger partial charge in [0, 0.05) is 28.1 Å². The maximum Gasteiger partial charge on any atom is 0.340 e. The molecule has 0 saturated carbocycles. The van der Waals surface area contributed by atoms with Gasteiger partial charge in [0.2, 0.25) is 0 Å². The molecule has 0 unspecified atom stereocenters. The van der Waals surface area contributed by atoms with E-state index in [2.05, 4.69) is 0 Å². The molecule has 1 N–H and O–H groups in total. The van der Waals surface area contributed by atoms with Gasteiger partial charge in [0.15, 0.2) is 0 Å². The van der Waals surface area contributed by atoms with E-state index in [9.17, 15) is 19.5 Å². The molecule has 0 spiro atoms. The van der Waals surface area contributed by atoms with E-state index in [1.54, 1.807) is 49.4 Å². The molecule has 3 rings (SSSR count). The van der Waals surface area contributed by atoms with Crippen molar-refractivity contribution in [1.82, 2.24) is 0 Å². The Morgan fingerprint density at radius 3 is 2.70 bits per heavy atom. The Morgan fingerprint density at radius 2 is 2.00 bits per heavy atom. The monoisotopic (exact) mass is 426 g/mol. The van der Waals surface area contributed by atoms with E-state index in [0.29, 0.717) is 27.1 Å². The van der Waals surface area contributed by atoms with Gasteiger partial charge < -0.3 is 14.3 Å². The first-order valence-corrected chi connectivity index (χ1v) is 9.60. The maximum atomic E-state index is 12.6. The molecule has 0 aliphatic heterocycles. The number of ether oxygens (including phenoxy) is 1. The number of carbonyl (C=O) groups excluding carboxylic acids is 1. The average molecular weight is 427 g/mol. The number of carbonyl (C=O) groups is 2. The summed E-state index contributed by atoms with van der Waals surface area (Å²) in [6.07, 6.45) is 2.41. The molecule has 2 aromatic carbocycles. The van der Waals surface area contributed by atoms with Crippen molar-refractivity contribution in [3.63, 3.8) is 0 Å². The van der Waals surface area contributed by atoms with Gasteiger partial charge in [-0.3, -0.25) is 4.79 Å². The number of esters is 1. The van der Waals surface area contributed by atoms with E-state index in [4.69, 9.17) is 20.8 Å². The number of halogens is 1. The van der Waals surface area contributed by atoms with E-state index < -0.39 is 24.0 Å². The van der Waals surface area contributed by atoms with E-state index >= 15 is 0 Å². The lowest BCUT2D eigenvalue weighted by Gasteiger charge is -2.13. The Kier molecular flexibility index (Phi) is 6.37. The van der Waals surface area contributed by atoms with Crippen LogP contribution in [-0.2, 0) is 20.7 Å². The van der Waals surface area contributed by atoms with Crippen LogP contribution in [0.15, 0.2) is 51.7 Å². The predicted molar refractivity (Wildman–Crippen MR) is 115 cm³/mol. The van der Waals surface area contributed by atoms with E-state index in [1.807, 2.05) is 6.92 Å². The van der Waals surface area contributed by atoms with Gasteiger partial charge in [-0.1, -0.05) is 29.8 Å². The highest BCUT2D eigenvalue weighted by Crippen LogP contribution is 2.34. The van der Waals surface area contributed by atoms with E-state index in [1.165, 1.54) is 6.08 Å². The molecule has 0 radical (unpaired) electrons. The summed E-state index contributed by atoms with van der Waals surface area (Å²) in [6.45, 7) is 3.80. The summed E-state index contributed by atoms with van der Waals surface area (Å²) in [6, 6.07) is 10.4. The van der Waals surface area contributed by atoms with Crippen LogP contribution in [0.3, 0.4) is 0 Å². The summed E-state index contributed by atoms with van der Waals surface area (Å²) < 4.78 is 10.2. The number of carboxylic acids is 1. The molecule has 1 aromatic heterocycles. The highest BCUT2D eigenvalue weighted by atomic mass is 35.5. The van der Waals surface area contributed by atoms with Crippen LogP contribution in [-0.4, -0.2) is 23.7 Å². The third-order valence-electron chi connectivity index (χ3n) is 4.48. The fraction of sp³-hybridized carbons (Fsp3) is 0.174. The first-order chi connectivity index (χ1) is 14.3. The van der Waals surface area contributed by atoms with Crippen molar-refractivity contribution in [2.75, 3.05) is 6.61 Å². The van der Waals surface area contributed by atoms with Gasteiger partial charge >= 0.3 is 17.6 Å². The van der Waals surface area contributed by atoms with Gasteiger partial charge in [-0.15, -0.1) is 0 Å². The minimum absolute atomic E-state index is 0.0447. The zero-order valence-electron chi connectivity index (χ0n) is 16.4. The standard InChI is InChI=1S/C23H19ClO6/c1-3-29-21(27)8-7-14-5-4-6-15(10-14)22-16-9-13(2)18(24)12-19(16)30-23(28)17(22)11-20(25)26/h4-10,12H,3,11H2,1-2H3,(H,25,26). The Bertz CT molecular complexity index is 1220. The van der Waals surface area contributed by atoms with Gasteiger partial charge in [0.05, 0.1) is 18.6 Å². The van der Waals surface area contributed by atoms with E-state index in [0.717, 1.165) is 5.56 Å². The maximum absolute atomic E-state index is 12.6. The first-order valence-electron chi connectivity index (χ1n) is 9.23. The van der Waals surface area contributed by atoms with Crippen molar-refractivity contribution in [2.24, 2.45) is 0 Å². The molecule has 1 heterocycles. The van der Waals surface area contributed by atoms with Crippen LogP contribution < -0.4 is 5.63 Å². The van der Waals surface area contributed by atoms with Crippen molar-refractivity contribution < 1.29 is 23.8 Å². The highest BCUT2D eigenvalue weighted by Gasteiger charge is 2.19. The summed E-state index contributed by atoms with van der Waals surface area (Å²) >= 11 is 6.18. The smallest absolute Gasteiger partial charge is 0.340 e. The van der Waals surface area contributed by atoms with Gasteiger partial charge in [-0.05, 0) is 48.7 Å². The zero-order valence-corrected chi connectivity index (χ0v) is 17.2. The van der Waals surface area contributed by atoms with Crippen molar-refractivity contribution in [3.05, 3.63) is 74.6 Å². The van der Waals surface area contributed by atoms with Crippen molar-refractivity contribution in [3.8, 4) is 11.1 Å². The molecular formula is C23H19ClO6. The molecule has 0 fully saturated rings. The lowest BCUT2D eigenvalue weighted by Crippen LogP contribution is -2.14. The normalized spacial score (nSPS) is 11.2. The number of hydrogen-bond acceptors (Lipinski definition) is 5. The second-order valence-electron chi connectivity index (χ2n) is 6.62. The third kappa shape index (κ3) is 4.60. The Balaban J connectivity index is 2.24. The Hall–Kier alpha value is -3.38. The van der Waals surface area contributed by atoms with Crippen LogP contribution in [0.1, 0.15) is 23.6 Å². The third-order valence-corrected chi connectivity index (χ3v) is 4.89. The summed E-state index contributed by atoms with van der Waals surface area (Å²) in [4.78, 5) is 35.6. The molecule has 3 aromatic rings. The van der Waals surface area contributed by atoms with Crippen LogP contribution in [0.5, 0.6) is 0 Å². The lowest BCUT2D eigenvalue weighted by atomic mass is 9.93. The number of rotatable bonds is 6. The molecule has 0 aliphatic carbocycles. The molecule has 7 heteroatoms. The van der Waals surface area contributed by atoms with Crippen LogP contribution >= 0.6 is 11.6 Å². The van der Waals surface area contributed by atoms with Crippen LogP contribution in [0.2, 0.25) is 5.02 Å². The molecule has 0 saturated heterocycles. The number of benzene rings is 2. The summed E-state index contributed by atoms with van der Waals surface area (Å²) in [7, 11) is 0. The molecule has 0 aliphatic rings. The van der Waals surface area contributed by atoms with Crippen molar-refractivity contribution in [2.45, 2.75) is 20.3 Å². The number of aryl methyl sites for hydroxylation is 1. The predicted octanol–water partition coefficient (Wildman–Crippen LogP) is 4.63. The van der Waals surface area contributed by atoms with Gasteiger partial charge in [-0.2, -0.15) is 0 Å². The summed E-state index contributed by atoms with van der Waals surface area (Å²) in [5.74, 6) is -1.61. The van der Waals surface area contributed by atoms with Crippen molar-refractivity contribution >= 4 is 40.6 Å². The number of carboxylic acid groups (broad SMARTS) is 1. The summed E-state index contributed by atoms with van der Waals surface area (Å²) in [5.41, 5.74) is 2.13. The molecular weight excluding hydrogens is 408 g/mol. The molecule has 6 nitrogen and oxygen atoms in total. The minimum atomic E-state index is -1.15. The number of aliphatic carboxylic acids is 1. The first kappa shape index (κ1) is 21.3. The fourth-order valence-corrected chi connectivity index (χ4v) is 3.32. The van der Waals surface area contributed by atoms with Gasteiger partial charge in [-0.25, -0.2) is 9.59 Å². The minimum Gasteiger partial charge on any atom is -0.481 e. The molecule has 0 atom stereocenters. The number of fused-ring (bicyclic) bond motifs is 1. The molecule has 0 amide bonds. The largest absolute Gasteiger partial charge is 0.481 e. The Labute approximate surface area is 177 Å². The second kappa shape index (κ2) is 8.97. The highest BCUT2D eigenvalue weighted by molar-refractivity contribution is 6.32. The zero-order chi connectivity index (χ0) is 21.8. The van der Waals surface area contributed by atoms with Gasteiger partial charge in [0.25, 0.3) is 0 Å². The number of hydrogen-bond donors (Lipinski definition) is 1. The van der Waals surface area contributed by atoms with Crippen LogP contribution in [0.25, 0.3) is 28.2 Å².